The van der Waals surface area contributed by atoms with E-state index in [1.165, 1.54) is 4.90 Å². The summed E-state index contributed by atoms with van der Waals surface area (Å²) < 4.78 is 1.82. The highest BCUT2D eigenvalue weighted by Gasteiger charge is 2.23. The fraction of sp³-hybridized carbons (Fsp3) is 0.571. The van der Waals surface area contributed by atoms with Crippen molar-refractivity contribution in [2.75, 3.05) is 13.1 Å². The number of hydrogen-bond donors (Lipinski definition) is 1. The van der Waals surface area contributed by atoms with Crippen LogP contribution in [0.5, 0.6) is 0 Å². The fourth-order valence-electron chi connectivity index (χ4n) is 2.01. The first-order chi connectivity index (χ1) is 9.40. The molecule has 0 fully saturated rings. The van der Waals surface area contributed by atoms with Crippen LogP contribution in [0.2, 0.25) is 5.02 Å². The van der Waals surface area contributed by atoms with E-state index in [0.29, 0.717) is 23.8 Å². The van der Waals surface area contributed by atoms with Crippen LogP contribution in [0, 0.1) is 5.92 Å². The van der Waals surface area contributed by atoms with Gasteiger partial charge in [-0.25, -0.2) is 0 Å². The molecule has 1 unspecified atom stereocenters. The highest BCUT2D eigenvalue weighted by Crippen LogP contribution is 2.17. The standard InChI is InChI=1S/C14H21ClN2O3/c1-4-6-17-9-11(15)7-12(17)13(18)16(5-2)8-10(3)14(19)20/h7,9-10H,4-6,8H2,1-3H3,(H,19,20). The molecule has 112 valence electrons. The Morgan fingerprint density at radius 2 is 2.10 bits per heavy atom. The molecule has 20 heavy (non-hydrogen) atoms. The van der Waals surface area contributed by atoms with Gasteiger partial charge < -0.3 is 14.6 Å². The van der Waals surface area contributed by atoms with Gasteiger partial charge >= 0.3 is 5.97 Å². The summed E-state index contributed by atoms with van der Waals surface area (Å²) in [5, 5.41) is 9.48. The largest absolute Gasteiger partial charge is 0.481 e. The Labute approximate surface area is 124 Å². The first-order valence-corrected chi connectivity index (χ1v) is 7.16. The number of carbonyl (C=O) groups is 2. The van der Waals surface area contributed by atoms with Crippen molar-refractivity contribution >= 4 is 23.5 Å². The van der Waals surface area contributed by atoms with Gasteiger partial charge in [0.1, 0.15) is 5.69 Å². The lowest BCUT2D eigenvalue weighted by Crippen LogP contribution is -2.37. The summed E-state index contributed by atoms with van der Waals surface area (Å²) in [6, 6.07) is 1.63. The first kappa shape index (κ1) is 16.6. The Bertz CT molecular complexity index is 485. The molecule has 1 atom stereocenters. The molecule has 0 bridgehead atoms. The molecular weight excluding hydrogens is 280 g/mol. The Balaban J connectivity index is 2.93. The maximum Gasteiger partial charge on any atom is 0.308 e. The molecular formula is C14H21ClN2O3. The second kappa shape index (κ2) is 7.33. The minimum absolute atomic E-state index is 0.180. The van der Waals surface area contributed by atoms with E-state index in [4.69, 9.17) is 16.7 Å². The van der Waals surface area contributed by atoms with Gasteiger partial charge in [-0.15, -0.1) is 0 Å². The number of aromatic nitrogens is 1. The average molecular weight is 301 g/mol. The Morgan fingerprint density at radius 3 is 2.60 bits per heavy atom. The van der Waals surface area contributed by atoms with Crippen molar-refractivity contribution in [1.29, 1.82) is 0 Å². The third kappa shape index (κ3) is 4.00. The predicted molar refractivity (Wildman–Crippen MR) is 78.1 cm³/mol. The van der Waals surface area contributed by atoms with Crippen molar-refractivity contribution in [3.8, 4) is 0 Å². The van der Waals surface area contributed by atoms with Gasteiger partial charge in [0.15, 0.2) is 0 Å². The molecule has 6 heteroatoms. The van der Waals surface area contributed by atoms with Crippen LogP contribution in [0.1, 0.15) is 37.7 Å². The molecule has 5 nitrogen and oxygen atoms in total. The van der Waals surface area contributed by atoms with Crippen molar-refractivity contribution in [3.63, 3.8) is 0 Å². The molecule has 1 N–H and O–H groups in total. The molecule has 1 amide bonds. The van der Waals surface area contributed by atoms with Crippen LogP contribution in [0.25, 0.3) is 0 Å². The summed E-state index contributed by atoms with van der Waals surface area (Å²) in [6.45, 7) is 6.81. The Morgan fingerprint density at radius 1 is 1.45 bits per heavy atom. The summed E-state index contributed by atoms with van der Waals surface area (Å²) in [5.74, 6) is -1.68. The normalized spacial score (nSPS) is 12.2. The number of carbonyl (C=O) groups excluding carboxylic acids is 1. The number of carboxylic acid groups (broad SMARTS) is 1. The third-order valence-electron chi connectivity index (χ3n) is 3.13. The highest BCUT2D eigenvalue weighted by atomic mass is 35.5. The average Bonchev–Trinajstić information content (AvgIpc) is 2.76. The van der Waals surface area contributed by atoms with Crippen molar-refractivity contribution in [2.45, 2.75) is 33.7 Å². The number of amides is 1. The predicted octanol–water partition coefficient (Wildman–Crippen LogP) is 2.73. The summed E-state index contributed by atoms with van der Waals surface area (Å²) in [7, 11) is 0. The quantitative estimate of drug-likeness (QED) is 0.842. The van der Waals surface area contributed by atoms with E-state index in [1.807, 2.05) is 18.4 Å². The van der Waals surface area contributed by atoms with Gasteiger partial charge in [0.25, 0.3) is 5.91 Å². The molecule has 0 aromatic carbocycles. The number of aliphatic carboxylic acids is 1. The van der Waals surface area contributed by atoms with E-state index in [1.54, 1.807) is 19.2 Å². The molecule has 0 spiro atoms. The first-order valence-electron chi connectivity index (χ1n) is 6.78. The smallest absolute Gasteiger partial charge is 0.308 e. The second-order valence-corrected chi connectivity index (χ2v) is 5.26. The van der Waals surface area contributed by atoms with Crippen molar-refractivity contribution < 1.29 is 14.7 Å². The van der Waals surface area contributed by atoms with Gasteiger partial charge in [-0.2, -0.15) is 0 Å². The zero-order valence-electron chi connectivity index (χ0n) is 12.1. The molecule has 0 aliphatic carbocycles. The van der Waals surface area contributed by atoms with Gasteiger partial charge in [0.05, 0.1) is 10.9 Å². The monoisotopic (exact) mass is 300 g/mol. The van der Waals surface area contributed by atoms with Gasteiger partial charge in [0.2, 0.25) is 0 Å². The lowest BCUT2D eigenvalue weighted by Gasteiger charge is -2.23. The van der Waals surface area contributed by atoms with Gasteiger partial charge in [0, 0.05) is 25.8 Å². The lowest BCUT2D eigenvalue weighted by atomic mass is 10.1. The minimum atomic E-state index is -0.904. The molecule has 1 heterocycles. The highest BCUT2D eigenvalue weighted by molar-refractivity contribution is 6.31. The van der Waals surface area contributed by atoms with E-state index < -0.39 is 11.9 Å². The third-order valence-corrected chi connectivity index (χ3v) is 3.34. The number of aryl methyl sites for hydroxylation is 1. The van der Waals surface area contributed by atoms with Crippen LogP contribution in [-0.4, -0.2) is 39.5 Å². The molecule has 0 aliphatic rings. The van der Waals surface area contributed by atoms with E-state index in [9.17, 15) is 9.59 Å². The van der Waals surface area contributed by atoms with Crippen molar-refractivity contribution in [1.82, 2.24) is 9.47 Å². The topological polar surface area (TPSA) is 62.5 Å². The maximum atomic E-state index is 12.5. The second-order valence-electron chi connectivity index (χ2n) is 4.82. The summed E-state index contributed by atoms with van der Waals surface area (Å²) in [4.78, 5) is 25.0. The number of halogens is 1. The lowest BCUT2D eigenvalue weighted by molar-refractivity contribution is -0.141. The summed E-state index contributed by atoms with van der Waals surface area (Å²) >= 11 is 5.96. The van der Waals surface area contributed by atoms with E-state index in [-0.39, 0.29) is 12.5 Å². The molecule has 1 aromatic heterocycles. The minimum Gasteiger partial charge on any atom is -0.481 e. The summed E-state index contributed by atoms with van der Waals surface area (Å²) in [5.41, 5.74) is 0.510. The number of rotatable bonds is 7. The van der Waals surface area contributed by atoms with Crippen LogP contribution in [0.4, 0.5) is 0 Å². The van der Waals surface area contributed by atoms with Crippen LogP contribution >= 0.6 is 11.6 Å². The zero-order chi connectivity index (χ0) is 15.3. The van der Waals surface area contributed by atoms with E-state index in [0.717, 1.165) is 6.42 Å². The molecule has 0 aliphatic heterocycles. The SMILES string of the molecule is CCCn1cc(Cl)cc1C(=O)N(CC)CC(C)C(=O)O. The molecule has 0 saturated carbocycles. The molecule has 1 rings (SSSR count). The maximum absolute atomic E-state index is 12.5. The van der Waals surface area contributed by atoms with Crippen molar-refractivity contribution in [2.24, 2.45) is 5.92 Å². The van der Waals surface area contributed by atoms with Crippen LogP contribution in [0.15, 0.2) is 12.3 Å². The molecule has 1 aromatic rings. The van der Waals surface area contributed by atoms with Crippen LogP contribution in [0.3, 0.4) is 0 Å². The molecule has 0 radical (unpaired) electrons. The Kier molecular flexibility index (Phi) is 6.07. The van der Waals surface area contributed by atoms with Crippen molar-refractivity contribution in [3.05, 3.63) is 23.0 Å². The Hall–Kier alpha value is -1.49. The van der Waals surface area contributed by atoms with Gasteiger partial charge in [-0.1, -0.05) is 25.4 Å². The summed E-state index contributed by atoms with van der Waals surface area (Å²) in [6.07, 6.45) is 2.62. The van der Waals surface area contributed by atoms with Crippen LogP contribution in [-0.2, 0) is 11.3 Å². The molecule has 0 saturated heterocycles. The fourth-order valence-corrected chi connectivity index (χ4v) is 2.23. The zero-order valence-corrected chi connectivity index (χ0v) is 12.9. The van der Waals surface area contributed by atoms with Gasteiger partial charge in [-0.3, -0.25) is 9.59 Å². The van der Waals surface area contributed by atoms with Crippen LogP contribution < -0.4 is 0 Å². The van der Waals surface area contributed by atoms with E-state index in [2.05, 4.69) is 0 Å². The van der Waals surface area contributed by atoms with Gasteiger partial charge in [-0.05, 0) is 19.4 Å². The number of carboxylic acids is 1. The van der Waals surface area contributed by atoms with E-state index >= 15 is 0 Å². The number of hydrogen-bond acceptors (Lipinski definition) is 2. The number of nitrogens with zero attached hydrogens (tertiary/aromatic N) is 2.